The Morgan fingerprint density at radius 2 is 1.64 bits per heavy atom. The predicted molar refractivity (Wildman–Crippen MR) is 127 cm³/mol. The third-order valence-electron chi connectivity index (χ3n) is 5.59. The van der Waals surface area contributed by atoms with E-state index in [1.165, 1.54) is 24.4 Å². The van der Waals surface area contributed by atoms with Crippen LogP contribution < -0.4 is 0 Å². The number of nitrogens with zero attached hydrogens (tertiary/aromatic N) is 2. The van der Waals surface area contributed by atoms with Gasteiger partial charge in [-0.05, 0) is 36.2 Å². The molecule has 0 aliphatic carbocycles. The smallest absolute Gasteiger partial charge is 0.242 e. The summed E-state index contributed by atoms with van der Waals surface area (Å²) >= 11 is 0. The van der Waals surface area contributed by atoms with E-state index in [9.17, 15) is 17.6 Å². The molecular weight excluding hydrogens is 439 g/mol. The van der Waals surface area contributed by atoms with Gasteiger partial charge in [0.1, 0.15) is 12.4 Å². The van der Waals surface area contributed by atoms with E-state index < -0.39 is 15.7 Å². The summed E-state index contributed by atoms with van der Waals surface area (Å²) in [5, 5.41) is 0.549. The lowest BCUT2D eigenvalue weighted by atomic mass is 10.2. The highest BCUT2D eigenvalue weighted by Gasteiger charge is 2.23. The second kappa shape index (κ2) is 9.58. The molecular formula is C26H25FN2O3S. The van der Waals surface area contributed by atoms with Gasteiger partial charge >= 0.3 is 0 Å². The number of hydrogen-bond donors (Lipinski definition) is 0. The van der Waals surface area contributed by atoms with Crippen molar-refractivity contribution in [2.45, 2.75) is 30.7 Å². The Morgan fingerprint density at radius 3 is 2.36 bits per heavy atom. The van der Waals surface area contributed by atoms with Crippen molar-refractivity contribution in [3.8, 4) is 0 Å². The fourth-order valence-electron chi connectivity index (χ4n) is 3.94. The largest absolute Gasteiger partial charge is 0.337 e. The summed E-state index contributed by atoms with van der Waals surface area (Å²) in [6, 6.07) is 22.4. The van der Waals surface area contributed by atoms with Crippen LogP contribution in [0.15, 0.2) is 90.0 Å². The van der Waals surface area contributed by atoms with E-state index >= 15 is 0 Å². The van der Waals surface area contributed by atoms with Crippen LogP contribution in [0, 0.1) is 5.82 Å². The minimum absolute atomic E-state index is 0.0245. The molecule has 0 fully saturated rings. The molecule has 0 N–H and O–H groups in total. The molecule has 4 aromatic rings. The summed E-state index contributed by atoms with van der Waals surface area (Å²) in [7, 11) is -3.76. The second-order valence-corrected chi connectivity index (χ2v) is 9.88. The summed E-state index contributed by atoms with van der Waals surface area (Å²) in [4.78, 5) is 15.0. The van der Waals surface area contributed by atoms with E-state index in [0.29, 0.717) is 29.6 Å². The summed E-state index contributed by atoms with van der Waals surface area (Å²) < 4.78 is 41.7. The Morgan fingerprint density at radius 1 is 0.939 bits per heavy atom. The predicted octanol–water partition coefficient (Wildman–Crippen LogP) is 4.80. The highest BCUT2D eigenvalue weighted by molar-refractivity contribution is 7.90. The number of benzene rings is 3. The fraction of sp³-hybridized carbons (Fsp3) is 0.192. The molecule has 1 heterocycles. The van der Waals surface area contributed by atoms with Gasteiger partial charge in [-0.15, -0.1) is 0 Å². The Kier molecular flexibility index (Phi) is 6.60. The molecule has 0 saturated carbocycles. The topological polar surface area (TPSA) is 59.4 Å². The number of fused-ring (bicyclic) bond motifs is 1. The van der Waals surface area contributed by atoms with Gasteiger partial charge in [0.25, 0.3) is 0 Å². The maximum Gasteiger partial charge on any atom is 0.242 e. The molecule has 0 spiro atoms. The Hall–Kier alpha value is -3.45. The number of rotatable bonds is 8. The van der Waals surface area contributed by atoms with E-state index in [4.69, 9.17) is 0 Å². The van der Waals surface area contributed by atoms with Gasteiger partial charge < -0.3 is 9.47 Å². The third kappa shape index (κ3) is 5.14. The molecule has 0 bridgehead atoms. The zero-order valence-electron chi connectivity index (χ0n) is 18.3. The number of sulfone groups is 1. The van der Waals surface area contributed by atoms with Crippen LogP contribution in [0.3, 0.4) is 0 Å². The number of carbonyl (C=O) groups excluding carboxylic acids is 1. The molecule has 33 heavy (non-hydrogen) atoms. The number of likely N-dealkylation sites (N-methyl/N-ethyl adjacent to an activating group) is 1. The molecule has 1 aromatic heterocycles. The van der Waals surface area contributed by atoms with Gasteiger partial charge in [-0.25, -0.2) is 12.8 Å². The van der Waals surface area contributed by atoms with Gasteiger partial charge in [0, 0.05) is 30.2 Å². The molecule has 0 radical (unpaired) electrons. The first-order valence-electron chi connectivity index (χ1n) is 10.7. The van der Waals surface area contributed by atoms with Gasteiger partial charge in [-0.3, -0.25) is 4.79 Å². The first kappa shape index (κ1) is 22.7. The standard InChI is InChI=1S/C26H25FN2O3S/c1-2-28(16-20-9-4-3-5-10-20)26(30)18-29-17-25(23-13-6-7-14-24(23)29)33(31,32)19-21-11-8-12-22(27)15-21/h3-15,17H,2,16,18-19H2,1H3. The molecule has 0 atom stereocenters. The van der Waals surface area contributed by atoms with Crippen LogP contribution in [-0.4, -0.2) is 30.3 Å². The first-order valence-corrected chi connectivity index (χ1v) is 12.4. The van der Waals surface area contributed by atoms with E-state index in [1.807, 2.05) is 43.3 Å². The number of aromatic nitrogens is 1. The molecule has 0 aliphatic rings. The third-order valence-corrected chi connectivity index (χ3v) is 7.30. The zero-order chi connectivity index (χ0) is 23.4. The Balaban J connectivity index is 1.63. The van der Waals surface area contributed by atoms with Crippen LogP contribution in [0.25, 0.3) is 10.9 Å². The summed E-state index contributed by atoms with van der Waals surface area (Å²) in [6.45, 7) is 2.97. The van der Waals surface area contributed by atoms with Crippen molar-refractivity contribution in [3.63, 3.8) is 0 Å². The molecule has 4 rings (SSSR count). The SMILES string of the molecule is CCN(Cc1ccccc1)C(=O)Cn1cc(S(=O)(=O)Cc2cccc(F)c2)c2ccccc21. The Bertz CT molecular complexity index is 1380. The minimum atomic E-state index is -3.76. The summed E-state index contributed by atoms with van der Waals surface area (Å²) in [5.74, 6) is -0.896. The van der Waals surface area contributed by atoms with Crippen molar-refractivity contribution in [2.24, 2.45) is 0 Å². The van der Waals surface area contributed by atoms with Crippen LogP contribution in [-0.2, 0) is 33.5 Å². The molecule has 0 aliphatic heterocycles. The molecule has 0 saturated heterocycles. The van der Waals surface area contributed by atoms with Crippen molar-refractivity contribution < 1.29 is 17.6 Å². The van der Waals surface area contributed by atoms with Crippen molar-refractivity contribution in [1.82, 2.24) is 9.47 Å². The Labute approximate surface area is 193 Å². The second-order valence-electron chi connectivity index (χ2n) is 7.92. The molecule has 0 unspecified atom stereocenters. The monoisotopic (exact) mass is 464 g/mol. The van der Waals surface area contributed by atoms with Gasteiger partial charge in [-0.1, -0.05) is 60.7 Å². The number of amides is 1. The average Bonchev–Trinajstić information content (AvgIpc) is 3.17. The van der Waals surface area contributed by atoms with Gasteiger partial charge in [-0.2, -0.15) is 0 Å². The van der Waals surface area contributed by atoms with E-state index in [0.717, 1.165) is 5.56 Å². The average molecular weight is 465 g/mol. The number of hydrogen-bond acceptors (Lipinski definition) is 3. The maximum atomic E-state index is 13.6. The number of para-hydroxylation sites is 1. The quantitative estimate of drug-likeness (QED) is 0.376. The van der Waals surface area contributed by atoms with Gasteiger partial charge in [0.05, 0.1) is 10.6 Å². The summed E-state index contributed by atoms with van der Waals surface area (Å²) in [5.41, 5.74) is 2.07. The molecule has 170 valence electrons. The number of carbonyl (C=O) groups is 1. The van der Waals surface area contributed by atoms with Crippen LogP contribution in [0.5, 0.6) is 0 Å². The van der Waals surface area contributed by atoms with Crippen molar-refractivity contribution in [3.05, 3.63) is 102 Å². The van der Waals surface area contributed by atoms with Crippen LogP contribution in [0.4, 0.5) is 4.39 Å². The molecule has 1 amide bonds. The maximum absolute atomic E-state index is 13.6. The van der Waals surface area contributed by atoms with Crippen molar-refractivity contribution in [2.75, 3.05) is 6.54 Å². The minimum Gasteiger partial charge on any atom is -0.337 e. The lowest BCUT2D eigenvalue weighted by Gasteiger charge is -2.21. The fourth-order valence-corrected chi connectivity index (χ4v) is 5.51. The van der Waals surface area contributed by atoms with Crippen LogP contribution in [0.1, 0.15) is 18.1 Å². The number of halogens is 1. The van der Waals surface area contributed by atoms with Gasteiger partial charge in [0.2, 0.25) is 5.91 Å². The lowest BCUT2D eigenvalue weighted by Crippen LogP contribution is -2.33. The first-order chi connectivity index (χ1) is 15.9. The zero-order valence-corrected chi connectivity index (χ0v) is 19.1. The van der Waals surface area contributed by atoms with Crippen LogP contribution >= 0.6 is 0 Å². The molecule has 3 aromatic carbocycles. The molecule has 5 nitrogen and oxygen atoms in total. The lowest BCUT2D eigenvalue weighted by molar-refractivity contribution is -0.132. The van der Waals surface area contributed by atoms with E-state index in [2.05, 4.69) is 0 Å². The normalized spacial score (nSPS) is 11.6. The van der Waals surface area contributed by atoms with Crippen molar-refractivity contribution >= 4 is 26.6 Å². The highest BCUT2D eigenvalue weighted by atomic mass is 32.2. The highest BCUT2D eigenvalue weighted by Crippen LogP contribution is 2.28. The molecule has 7 heteroatoms. The van der Waals surface area contributed by atoms with E-state index in [-0.39, 0.29) is 23.1 Å². The van der Waals surface area contributed by atoms with Crippen LogP contribution in [0.2, 0.25) is 0 Å². The van der Waals surface area contributed by atoms with E-state index in [1.54, 1.807) is 33.7 Å². The van der Waals surface area contributed by atoms with Crippen molar-refractivity contribution in [1.29, 1.82) is 0 Å². The van der Waals surface area contributed by atoms with Gasteiger partial charge in [0.15, 0.2) is 9.84 Å². The summed E-state index contributed by atoms with van der Waals surface area (Å²) in [6.07, 6.45) is 1.52.